The molecule has 0 spiro atoms. The molecule has 1 fully saturated rings. The number of hydrogen-bond donors (Lipinski definition) is 4. The number of nitrogens with zero attached hydrogens (tertiary/aromatic N) is 2. The molecule has 8 heteroatoms. The van der Waals surface area contributed by atoms with E-state index in [0.717, 1.165) is 47.2 Å². The predicted octanol–water partition coefficient (Wildman–Crippen LogP) is 2.64. The molecule has 1 saturated carbocycles. The van der Waals surface area contributed by atoms with Gasteiger partial charge in [0, 0.05) is 23.0 Å². The van der Waals surface area contributed by atoms with Crippen molar-refractivity contribution in [2.45, 2.75) is 42.7 Å². The van der Waals surface area contributed by atoms with E-state index in [4.69, 9.17) is 16.5 Å². The molecule has 1 aromatic carbocycles. The number of carbonyl (C=O) groups is 1. The molecule has 0 aliphatic heterocycles. The number of benzene rings is 1. The molecule has 1 amide bonds. The number of rotatable bonds is 5. The zero-order valence-electron chi connectivity index (χ0n) is 16.7. The molecule has 0 saturated heterocycles. The van der Waals surface area contributed by atoms with Crippen LogP contribution in [0, 0.1) is 0 Å². The average molecular weight is 412 g/mol. The minimum absolute atomic E-state index is 0.0661. The number of nitrogens with one attached hydrogen (secondary N) is 2. The summed E-state index contributed by atoms with van der Waals surface area (Å²) in [6.45, 7) is 0. The number of H-pyrrole nitrogens is 1. The normalized spacial score (nSPS) is 19.6. The van der Waals surface area contributed by atoms with E-state index in [9.17, 15) is 4.79 Å². The van der Waals surface area contributed by atoms with Crippen molar-refractivity contribution < 1.29 is 4.79 Å². The first-order valence-electron chi connectivity index (χ1n) is 9.83. The molecule has 2 atom stereocenters. The van der Waals surface area contributed by atoms with Gasteiger partial charge in [-0.05, 0) is 25.0 Å². The molecule has 1 aliphatic carbocycles. The van der Waals surface area contributed by atoms with Gasteiger partial charge in [0.2, 0.25) is 0 Å². The van der Waals surface area contributed by atoms with E-state index in [1.165, 1.54) is 0 Å². The predicted molar refractivity (Wildman–Crippen MR) is 119 cm³/mol. The third-order valence-electron chi connectivity index (χ3n) is 5.46. The second-order valence-corrected chi connectivity index (χ2v) is 9.75. The number of para-hydroxylation sites is 1. The molecular weight excluding hydrogens is 384 g/mol. The molecule has 0 radical (unpaired) electrons. The molecule has 1 aliphatic rings. The lowest BCUT2D eigenvalue weighted by atomic mass is 9.91. The second kappa shape index (κ2) is 8.04. The lowest BCUT2D eigenvalue weighted by molar-refractivity contribution is 0.0996. The molecule has 3 aromatic rings. The van der Waals surface area contributed by atoms with E-state index in [-0.39, 0.29) is 28.7 Å². The summed E-state index contributed by atoms with van der Waals surface area (Å²) in [5.41, 5.74) is 14.4. The maximum atomic E-state index is 12.1. The zero-order valence-corrected chi connectivity index (χ0v) is 17.6. The van der Waals surface area contributed by atoms with Gasteiger partial charge in [0.05, 0.1) is 17.1 Å². The standard InChI is InChI=1S/C21H26N6OS/c1-29(2)20-12-7-3-5-9-14(12)26-18(20)17-19(21(23)28)24-11-16(27-17)25-15-10-6-4-8-13(15)22/h3,5,7,9,11,13,15H,4,6,8,10,22H2,1-2H3,(H3-,23,25,26,27,28)/p+1/t13-,15+/m0/s1. The molecule has 152 valence electrons. The molecular formula is C21H27N6OS+. The Labute approximate surface area is 173 Å². The van der Waals surface area contributed by atoms with E-state index in [1.807, 2.05) is 18.2 Å². The van der Waals surface area contributed by atoms with Crippen LogP contribution < -0.4 is 16.8 Å². The SMILES string of the molecule is C[S+](C)c1c(-c2nc(N[C@@H]3CCCC[C@@H]3N)cnc2C(N)=O)[nH]c2ccccc12. The van der Waals surface area contributed by atoms with Crippen molar-refractivity contribution in [3.8, 4) is 11.4 Å². The second-order valence-electron chi connectivity index (χ2n) is 7.71. The van der Waals surface area contributed by atoms with Gasteiger partial charge in [0.15, 0.2) is 10.6 Å². The summed E-state index contributed by atoms with van der Waals surface area (Å²) in [6.07, 6.45) is 10.2. The number of carbonyl (C=O) groups excluding carboxylic acids is 1. The fourth-order valence-electron chi connectivity index (χ4n) is 4.05. The van der Waals surface area contributed by atoms with Crippen molar-refractivity contribution in [2.75, 3.05) is 17.8 Å². The van der Waals surface area contributed by atoms with Gasteiger partial charge in [-0.1, -0.05) is 25.0 Å². The summed E-state index contributed by atoms with van der Waals surface area (Å²) >= 11 is 0. The first-order valence-corrected chi connectivity index (χ1v) is 11.9. The smallest absolute Gasteiger partial charge is 0.269 e. The van der Waals surface area contributed by atoms with Gasteiger partial charge in [0.1, 0.15) is 29.7 Å². The molecule has 29 heavy (non-hydrogen) atoms. The van der Waals surface area contributed by atoms with Gasteiger partial charge in [-0.2, -0.15) is 0 Å². The van der Waals surface area contributed by atoms with Crippen LogP contribution in [0.3, 0.4) is 0 Å². The molecule has 0 unspecified atom stereocenters. The number of anilines is 1. The van der Waals surface area contributed by atoms with E-state index in [0.29, 0.717) is 11.5 Å². The number of fused-ring (bicyclic) bond motifs is 1. The Balaban J connectivity index is 1.83. The maximum absolute atomic E-state index is 12.1. The van der Waals surface area contributed by atoms with Crippen LogP contribution in [-0.2, 0) is 10.9 Å². The highest BCUT2D eigenvalue weighted by atomic mass is 32.2. The van der Waals surface area contributed by atoms with Gasteiger partial charge in [-0.25, -0.2) is 9.97 Å². The highest BCUT2D eigenvalue weighted by Crippen LogP contribution is 2.35. The Morgan fingerprint density at radius 2 is 2.00 bits per heavy atom. The Hall–Kier alpha value is -2.58. The van der Waals surface area contributed by atoms with Crippen molar-refractivity contribution in [2.24, 2.45) is 11.5 Å². The number of amides is 1. The Bertz CT molecular complexity index is 1050. The first-order chi connectivity index (χ1) is 14.0. The van der Waals surface area contributed by atoms with Crippen molar-refractivity contribution in [1.29, 1.82) is 0 Å². The lowest BCUT2D eigenvalue weighted by Gasteiger charge is -2.29. The lowest BCUT2D eigenvalue weighted by Crippen LogP contribution is -2.42. The topological polar surface area (TPSA) is 123 Å². The van der Waals surface area contributed by atoms with Crippen LogP contribution >= 0.6 is 0 Å². The summed E-state index contributed by atoms with van der Waals surface area (Å²) in [4.78, 5) is 25.8. The number of aromatic nitrogens is 3. The fraction of sp³-hybridized carbons (Fsp3) is 0.381. The number of nitrogens with two attached hydrogens (primary N) is 2. The Morgan fingerprint density at radius 3 is 2.72 bits per heavy atom. The highest BCUT2D eigenvalue weighted by Gasteiger charge is 2.28. The van der Waals surface area contributed by atoms with Crippen LogP contribution in [0.1, 0.15) is 36.2 Å². The minimum Gasteiger partial charge on any atom is -0.364 e. The van der Waals surface area contributed by atoms with Gasteiger partial charge in [0.25, 0.3) is 5.91 Å². The van der Waals surface area contributed by atoms with Crippen LogP contribution in [0.4, 0.5) is 5.82 Å². The Kier molecular flexibility index (Phi) is 5.47. The van der Waals surface area contributed by atoms with Crippen molar-refractivity contribution >= 4 is 33.5 Å². The molecule has 2 aromatic heterocycles. The Morgan fingerprint density at radius 1 is 1.24 bits per heavy atom. The highest BCUT2D eigenvalue weighted by molar-refractivity contribution is 7.95. The number of hydrogen-bond acceptors (Lipinski definition) is 5. The molecule has 6 N–H and O–H groups in total. The number of aromatic amines is 1. The molecule has 0 bridgehead atoms. The maximum Gasteiger partial charge on any atom is 0.269 e. The third kappa shape index (κ3) is 3.82. The van der Waals surface area contributed by atoms with Crippen molar-refractivity contribution in [1.82, 2.24) is 15.0 Å². The van der Waals surface area contributed by atoms with Gasteiger partial charge in [-0.3, -0.25) is 4.79 Å². The first kappa shape index (κ1) is 19.7. The van der Waals surface area contributed by atoms with Crippen LogP contribution in [0.5, 0.6) is 0 Å². The largest absolute Gasteiger partial charge is 0.364 e. The van der Waals surface area contributed by atoms with E-state index >= 15 is 0 Å². The zero-order chi connectivity index (χ0) is 20.5. The molecule has 7 nitrogen and oxygen atoms in total. The number of primary amides is 1. The van der Waals surface area contributed by atoms with Crippen molar-refractivity contribution in [3.05, 3.63) is 36.2 Å². The monoisotopic (exact) mass is 411 g/mol. The van der Waals surface area contributed by atoms with Gasteiger partial charge in [-0.15, -0.1) is 0 Å². The summed E-state index contributed by atoms with van der Waals surface area (Å²) < 4.78 is 0. The van der Waals surface area contributed by atoms with Crippen LogP contribution in [-0.4, -0.2) is 45.5 Å². The van der Waals surface area contributed by atoms with E-state index < -0.39 is 5.91 Å². The van der Waals surface area contributed by atoms with Crippen LogP contribution in [0.25, 0.3) is 22.3 Å². The van der Waals surface area contributed by atoms with Gasteiger partial charge >= 0.3 is 0 Å². The van der Waals surface area contributed by atoms with Gasteiger partial charge < -0.3 is 21.8 Å². The third-order valence-corrected chi connectivity index (χ3v) is 6.70. The fourth-order valence-corrected chi connectivity index (χ4v) is 5.22. The minimum atomic E-state index is -0.592. The summed E-state index contributed by atoms with van der Waals surface area (Å²) in [6, 6.07) is 8.34. The summed E-state index contributed by atoms with van der Waals surface area (Å²) in [5.74, 6) is 0.0224. The summed E-state index contributed by atoms with van der Waals surface area (Å²) in [5, 5.41) is 4.55. The van der Waals surface area contributed by atoms with E-state index in [2.05, 4.69) is 33.9 Å². The van der Waals surface area contributed by atoms with Crippen molar-refractivity contribution in [3.63, 3.8) is 0 Å². The molecule has 4 rings (SSSR count). The quantitative estimate of drug-likeness (QED) is 0.481. The average Bonchev–Trinajstić information content (AvgIpc) is 3.09. The van der Waals surface area contributed by atoms with Crippen LogP contribution in [0.15, 0.2) is 35.4 Å². The molecule has 2 heterocycles. The van der Waals surface area contributed by atoms with Crippen LogP contribution in [0.2, 0.25) is 0 Å². The summed E-state index contributed by atoms with van der Waals surface area (Å²) in [7, 11) is -0.0661. The van der Waals surface area contributed by atoms with E-state index in [1.54, 1.807) is 6.20 Å².